The van der Waals surface area contributed by atoms with E-state index in [9.17, 15) is 0 Å². The zero-order valence-corrected chi connectivity index (χ0v) is 20.0. The van der Waals surface area contributed by atoms with Crippen molar-refractivity contribution in [2.75, 3.05) is 0 Å². The average Bonchev–Trinajstić information content (AvgIpc) is 3.08. The van der Waals surface area contributed by atoms with Gasteiger partial charge in [0, 0.05) is 30.3 Å². The minimum Gasteiger partial charge on any atom is -0.0654 e. The third-order valence-corrected chi connectivity index (χ3v) is 12.0. The van der Waals surface area contributed by atoms with Crippen LogP contribution in [0.25, 0.3) is 28.9 Å². The van der Waals surface area contributed by atoms with Crippen molar-refractivity contribution in [2.45, 2.75) is 58.0 Å². The molecule has 5 rings (SSSR count). The molecule has 3 aliphatic carbocycles. The Labute approximate surface area is 188 Å². The van der Waals surface area contributed by atoms with E-state index >= 15 is 0 Å². The Bertz CT molecular complexity index is 1140. The zero-order chi connectivity index (χ0) is 21.3. The maximum atomic E-state index is 2.64. The van der Waals surface area contributed by atoms with Gasteiger partial charge in [-0.1, -0.05) is 88.4 Å². The molecule has 31 heavy (non-hydrogen) atoms. The fourth-order valence-electron chi connectivity index (χ4n) is 5.66. The lowest BCUT2D eigenvalue weighted by molar-refractivity contribution is 0.623. The van der Waals surface area contributed by atoms with Gasteiger partial charge in [-0.15, -0.1) is 0 Å². The SMILES string of the molecule is CCCCCCCC[Si]1(C)C2=Cc3c[cH+]cccc3C2=Cc2c3cccccc-3cc21. The zero-order valence-electron chi connectivity index (χ0n) is 19.0. The topological polar surface area (TPSA) is 0 Å². The number of rotatable bonds is 7. The third kappa shape index (κ3) is 3.59. The van der Waals surface area contributed by atoms with Gasteiger partial charge in [-0.3, -0.25) is 0 Å². The van der Waals surface area contributed by atoms with Crippen molar-refractivity contribution in [2.24, 2.45) is 0 Å². The molecule has 1 atom stereocenters. The molecule has 0 aromatic heterocycles. The van der Waals surface area contributed by atoms with Crippen molar-refractivity contribution < 1.29 is 0 Å². The minimum atomic E-state index is -1.80. The van der Waals surface area contributed by atoms with Crippen LogP contribution < -0.4 is 5.19 Å². The largest absolute Gasteiger partial charge is 0.118 e. The van der Waals surface area contributed by atoms with Crippen LogP contribution in [0.2, 0.25) is 12.6 Å². The molecule has 1 unspecified atom stereocenters. The molecule has 4 aliphatic rings. The van der Waals surface area contributed by atoms with Crippen LogP contribution in [0.15, 0.2) is 71.9 Å². The van der Waals surface area contributed by atoms with E-state index in [4.69, 9.17) is 0 Å². The van der Waals surface area contributed by atoms with Gasteiger partial charge in [0.2, 0.25) is 0 Å². The molecule has 0 spiro atoms. The molecule has 0 nitrogen and oxygen atoms in total. The van der Waals surface area contributed by atoms with E-state index in [2.05, 4.69) is 92.4 Å². The van der Waals surface area contributed by atoms with Crippen LogP contribution in [-0.4, -0.2) is 8.07 Å². The fraction of sp³-hybridized carbons (Fsp3) is 0.300. The van der Waals surface area contributed by atoms with Gasteiger partial charge in [0.15, 0.2) is 0 Å². The van der Waals surface area contributed by atoms with Gasteiger partial charge in [0.1, 0.15) is 8.07 Å². The lowest BCUT2D eigenvalue weighted by Gasteiger charge is -2.34. The maximum Gasteiger partial charge on any atom is 0.118 e. The van der Waals surface area contributed by atoms with E-state index in [0.717, 1.165) is 0 Å². The third-order valence-electron chi connectivity index (χ3n) is 7.41. The van der Waals surface area contributed by atoms with Crippen molar-refractivity contribution in [3.63, 3.8) is 0 Å². The quantitative estimate of drug-likeness (QED) is 0.205. The fourth-order valence-corrected chi connectivity index (χ4v) is 10.00. The van der Waals surface area contributed by atoms with E-state index in [-0.39, 0.29) is 0 Å². The predicted octanol–water partition coefficient (Wildman–Crippen LogP) is 8.21. The normalized spacial score (nSPS) is 18.8. The van der Waals surface area contributed by atoms with E-state index in [0.29, 0.717) is 0 Å². The highest BCUT2D eigenvalue weighted by Crippen LogP contribution is 2.48. The molecule has 1 aromatic rings. The Morgan fingerprint density at radius 3 is 2.55 bits per heavy atom. The smallest absolute Gasteiger partial charge is 0.0654 e. The molecular formula is C30H33Si+. The van der Waals surface area contributed by atoms with Gasteiger partial charge in [0.05, 0.1) is 17.2 Å². The lowest BCUT2D eigenvalue weighted by Crippen LogP contribution is -2.48. The molecular weight excluding hydrogens is 388 g/mol. The summed E-state index contributed by atoms with van der Waals surface area (Å²) in [6, 6.07) is 26.2. The summed E-state index contributed by atoms with van der Waals surface area (Å²) in [6.07, 6.45) is 13.3. The highest BCUT2D eigenvalue weighted by atomic mass is 28.3. The first-order chi connectivity index (χ1) is 15.2. The monoisotopic (exact) mass is 421 g/mol. The average molecular weight is 422 g/mol. The standard InChI is InChI=1S/C30H33Si/c1-3-4-5-6-7-14-19-31(2)29-20-23-15-10-8-12-17-25(23)27(29)22-28-26-18-13-9-11-16-24(26)21-30(28)31/h8-13,15-18,20-22H,3-7,14,19H2,1-2H3/q+1. The highest BCUT2D eigenvalue weighted by Gasteiger charge is 2.44. The van der Waals surface area contributed by atoms with Gasteiger partial charge >= 0.3 is 0 Å². The van der Waals surface area contributed by atoms with E-state index in [1.165, 1.54) is 78.0 Å². The van der Waals surface area contributed by atoms with E-state index in [1.807, 2.05) is 0 Å². The molecule has 0 saturated heterocycles. The molecule has 1 aliphatic heterocycles. The van der Waals surface area contributed by atoms with Gasteiger partial charge < -0.3 is 0 Å². The van der Waals surface area contributed by atoms with Crippen molar-refractivity contribution in [1.82, 2.24) is 0 Å². The molecule has 0 amide bonds. The summed E-state index contributed by atoms with van der Waals surface area (Å²) in [5, 5.41) is 3.32. The second-order valence-electron chi connectivity index (χ2n) is 9.50. The van der Waals surface area contributed by atoms with Crippen LogP contribution in [-0.2, 0) is 0 Å². The van der Waals surface area contributed by atoms with Gasteiger partial charge in [-0.25, -0.2) is 0 Å². The summed E-state index contributed by atoms with van der Waals surface area (Å²) in [6.45, 7) is 4.94. The van der Waals surface area contributed by atoms with Crippen molar-refractivity contribution in [3.8, 4) is 11.1 Å². The van der Waals surface area contributed by atoms with Crippen molar-refractivity contribution in [1.29, 1.82) is 0 Å². The maximum absolute atomic E-state index is 2.64. The second-order valence-corrected chi connectivity index (χ2v) is 13.7. The van der Waals surface area contributed by atoms with Gasteiger partial charge in [0.25, 0.3) is 0 Å². The van der Waals surface area contributed by atoms with Crippen LogP contribution in [0.1, 0.15) is 62.1 Å². The lowest BCUT2D eigenvalue weighted by atomic mass is 10.0. The number of hydrogen-bond donors (Lipinski definition) is 0. The molecule has 0 bridgehead atoms. The van der Waals surface area contributed by atoms with Crippen LogP contribution >= 0.6 is 0 Å². The Morgan fingerprint density at radius 2 is 1.65 bits per heavy atom. The van der Waals surface area contributed by atoms with Crippen LogP contribution in [0.4, 0.5) is 0 Å². The summed E-state index contributed by atoms with van der Waals surface area (Å²) in [5.74, 6) is 0. The molecule has 0 radical (unpaired) electrons. The van der Waals surface area contributed by atoms with Crippen LogP contribution in [0.3, 0.4) is 0 Å². The highest BCUT2D eigenvalue weighted by molar-refractivity contribution is 7.00. The molecule has 156 valence electrons. The second kappa shape index (κ2) is 8.55. The van der Waals surface area contributed by atoms with Crippen LogP contribution in [0.5, 0.6) is 0 Å². The molecule has 0 N–H and O–H groups in total. The summed E-state index contributed by atoms with van der Waals surface area (Å²) >= 11 is 0. The molecule has 1 heteroatoms. The van der Waals surface area contributed by atoms with Gasteiger partial charge in [-0.2, -0.15) is 0 Å². The minimum absolute atomic E-state index is 1.32. The Balaban J connectivity index is 1.59. The molecule has 0 saturated carbocycles. The number of hydrogen-bond acceptors (Lipinski definition) is 0. The first-order valence-electron chi connectivity index (χ1n) is 12.1. The Kier molecular flexibility index (Phi) is 5.63. The summed E-state index contributed by atoms with van der Waals surface area (Å²) in [7, 11) is -1.80. The summed E-state index contributed by atoms with van der Waals surface area (Å²) in [5.41, 5.74) is 8.63. The molecule has 0 fully saturated rings. The van der Waals surface area contributed by atoms with Crippen LogP contribution in [0, 0.1) is 0 Å². The Morgan fingerprint density at radius 1 is 0.839 bits per heavy atom. The first-order valence-corrected chi connectivity index (χ1v) is 14.8. The molecule has 1 heterocycles. The number of fused-ring (bicyclic) bond motifs is 6. The first kappa shape index (κ1) is 20.4. The van der Waals surface area contributed by atoms with Crippen molar-refractivity contribution >= 4 is 31.0 Å². The Hall–Kier alpha value is -2.51. The summed E-state index contributed by atoms with van der Waals surface area (Å²) < 4.78 is 0. The van der Waals surface area contributed by atoms with Crippen molar-refractivity contribution in [3.05, 3.63) is 88.6 Å². The number of unbranched alkanes of at least 4 members (excludes halogenated alkanes) is 5. The van der Waals surface area contributed by atoms with E-state index < -0.39 is 8.07 Å². The predicted molar refractivity (Wildman–Crippen MR) is 139 cm³/mol. The molecule has 1 aromatic carbocycles. The van der Waals surface area contributed by atoms with Gasteiger partial charge in [-0.05, 0) is 44.8 Å². The number of allylic oxidation sites excluding steroid dienone is 2. The van der Waals surface area contributed by atoms with E-state index in [1.54, 1.807) is 10.4 Å². The summed E-state index contributed by atoms with van der Waals surface area (Å²) in [4.78, 5) is 0.